The summed E-state index contributed by atoms with van der Waals surface area (Å²) in [5.74, 6) is -0.777. The van der Waals surface area contributed by atoms with Crippen molar-refractivity contribution < 1.29 is 18.0 Å². The van der Waals surface area contributed by atoms with Gasteiger partial charge in [0.15, 0.2) is 5.69 Å². The molecule has 0 aliphatic heterocycles. The molecule has 2 aromatic heterocycles. The first-order chi connectivity index (χ1) is 9.99. The van der Waals surface area contributed by atoms with Gasteiger partial charge >= 0.3 is 6.18 Å². The van der Waals surface area contributed by atoms with Gasteiger partial charge in [-0.05, 0) is 24.0 Å². The molecule has 0 aliphatic carbocycles. The number of carbonyl (C=O) groups excluding carboxylic acids is 1. The van der Waals surface area contributed by atoms with Gasteiger partial charge in [-0.25, -0.2) is 4.98 Å². The van der Waals surface area contributed by atoms with E-state index in [0.29, 0.717) is 0 Å². The number of aryl methyl sites for hydroxylation is 1. The fraction of sp³-hybridized carbons (Fsp3) is 0.467. The predicted molar refractivity (Wildman–Crippen MR) is 76.7 cm³/mol. The fourth-order valence-corrected chi connectivity index (χ4v) is 1.99. The number of halogens is 3. The molecule has 0 radical (unpaired) electrons. The number of nitrogens with one attached hydrogen (secondary N) is 1. The average molecular weight is 313 g/mol. The van der Waals surface area contributed by atoms with E-state index in [0.717, 1.165) is 5.56 Å². The molecule has 7 heteroatoms. The summed E-state index contributed by atoms with van der Waals surface area (Å²) < 4.78 is 40.7. The molecular formula is C15H18F3N3O. The first kappa shape index (κ1) is 16.3. The summed E-state index contributed by atoms with van der Waals surface area (Å²) in [6, 6.07) is 3.12. The Balaban J connectivity index is 2.54. The molecule has 2 heterocycles. The summed E-state index contributed by atoms with van der Waals surface area (Å²) >= 11 is 0. The Morgan fingerprint density at radius 3 is 2.45 bits per heavy atom. The van der Waals surface area contributed by atoms with Crippen molar-refractivity contribution in [1.29, 1.82) is 0 Å². The second kappa shape index (κ2) is 5.30. The number of imidazole rings is 1. The Hall–Kier alpha value is -2.05. The Morgan fingerprint density at radius 2 is 1.91 bits per heavy atom. The minimum atomic E-state index is -4.69. The third-order valence-corrected chi connectivity index (χ3v) is 3.03. The van der Waals surface area contributed by atoms with Crippen molar-refractivity contribution in [2.75, 3.05) is 6.54 Å². The van der Waals surface area contributed by atoms with Crippen LogP contribution in [0.4, 0.5) is 13.2 Å². The highest BCUT2D eigenvalue weighted by molar-refractivity contribution is 5.95. The van der Waals surface area contributed by atoms with Crippen LogP contribution in [-0.4, -0.2) is 21.8 Å². The largest absolute Gasteiger partial charge is 0.435 e. The van der Waals surface area contributed by atoms with E-state index < -0.39 is 23.5 Å². The van der Waals surface area contributed by atoms with Crippen molar-refractivity contribution in [3.8, 4) is 0 Å². The highest BCUT2D eigenvalue weighted by Crippen LogP contribution is 2.32. The standard InChI is InChI=1S/C15H18F3N3O/c1-9-5-6-10-20-12(15(16,17)18)11(21(10)7-9)13(22)19-8-14(2,3)4/h5-7H,8H2,1-4H3,(H,19,22). The van der Waals surface area contributed by atoms with E-state index in [-0.39, 0.29) is 17.6 Å². The second-order valence-electron chi connectivity index (χ2n) is 6.48. The van der Waals surface area contributed by atoms with E-state index in [4.69, 9.17) is 0 Å². The van der Waals surface area contributed by atoms with E-state index in [1.807, 2.05) is 20.8 Å². The minimum absolute atomic E-state index is 0.0961. The Labute approximate surface area is 126 Å². The number of carbonyl (C=O) groups is 1. The summed E-state index contributed by atoms with van der Waals surface area (Å²) in [6.45, 7) is 7.66. The molecule has 0 fully saturated rings. The molecule has 2 aromatic rings. The first-order valence-electron chi connectivity index (χ1n) is 6.83. The van der Waals surface area contributed by atoms with Crippen LogP contribution in [-0.2, 0) is 6.18 Å². The maximum atomic E-state index is 13.2. The maximum Gasteiger partial charge on any atom is 0.435 e. The summed E-state index contributed by atoms with van der Waals surface area (Å²) in [5.41, 5.74) is -1.04. The van der Waals surface area contributed by atoms with Crippen LogP contribution >= 0.6 is 0 Å². The van der Waals surface area contributed by atoms with Gasteiger partial charge in [-0.3, -0.25) is 9.20 Å². The van der Waals surface area contributed by atoms with Gasteiger partial charge in [0.2, 0.25) is 0 Å². The van der Waals surface area contributed by atoms with Crippen LogP contribution in [0.1, 0.15) is 42.5 Å². The molecule has 120 valence electrons. The molecule has 0 atom stereocenters. The van der Waals surface area contributed by atoms with Gasteiger partial charge in [0.05, 0.1) is 0 Å². The monoisotopic (exact) mass is 313 g/mol. The van der Waals surface area contributed by atoms with Crippen LogP contribution in [0.5, 0.6) is 0 Å². The molecule has 1 amide bonds. The minimum Gasteiger partial charge on any atom is -0.350 e. The lowest BCUT2D eigenvalue weighted by molar-refractivity contribution is -0.141. The molecule has 0 saturated carbocycles. The van der Waals surface area contributed by atoms with Crippen molar-refractivity contribution >= 4 is 11.6 Å². The number of alkyl halides is 3. The molecule has 0 saturated heterocycles. The van der Waals surface area contributed by atoms with Crippen molar-refractivity contribution in [2.45, 2.75) is 33.9 Å². The van der Waals surface area contributed by atoms with Crippen molar-refractivity contribution in [1.82, 2.24) is 14.7 Å². The number of aromatic nitrogens is 2. The highest BCUT2D eigenvalue weighted by Gasteiger charge is 2.40. The molecule has 0 bridgehead atoms. The van der Waals surface area contributed by atoms with Crippen LogP contribution in [0.25, 0.3) is 5.65 Å². The van der Waals surface area contributed by atoms with E-state index >= 15 is 0 Å². The zero-order valence-corrected chi connectivity index (χ0v) is 12.9. The van der Waals surface area contributed by atoms with Gasteiger partial charge in [-0.2, -0.15) is 13.2 Å². The van der Waals surface area contributed by atoms with Crippen LogP contribution in [0, 0.1) is 12.3 Å². The van der Waals surface area contributed by atoms with Crippen molar-refractivity contribution in [2.24, 2.45) is 5.41 Å². The summed E-state index contributed by atoms with van der Waals surface area (Å²) in [4.78, 5) is 15.8. The molecular weight excluding hydrogens is 295 g/mol. The SMILES string of the molecule is Cc1ccc2nc(C(F)(F)F)c(C(=O)NCC(C)(C)C)n2c1. The van der Waals surface area contributed by atoms with Gasteiger partial charge in [0, 0.05) is 12.7 Å². The third kappa shape index (κ3) is 3.40. The second-order valence-corrected chi connectivity index (χ2v) is 6.48. The van der Waals surface area contributed by atoms with E-state index in [2.05, 4.69) is 10.3 Å². The topological polar surface area (TPSA) is 46.4 Å². The molecule has 2 rings (SSSR count). The maximum absolute atomic E-state index is 13.2. The zero-order valence-electron chi connectivity index (χ0n) is 12.9. The van der Waals surface area contributed by atoms with Crippen molar-refractivity contribution in [3.63, 3.8) is 0 Å². The van der Waals surface area contributed by atoms with E-state index in [1.54, 1.807) is 13.0 Å². The third-order valence-electron chi connectivity index (χ3n) is 3.03. The normalized spacial score (nSPS) is 12.7. The lowest BCUT2D eigenvalue weighted by Gasteiger charge is -2.19. The molecule has 4 nitrogen and oxygen atoms in total. The van der Waals surface area contributed by atoms with Crippen molar-refractivity contribution in [3.05, 3.63) is 35.3 Å². The van der Waals surface area contributed by atoms with Crippen LogP contribution in [0.2, 0.25) is 0 Å². The molecule has 1 N–H and O–H groups in total. The number of amides is 1. The number of hydrogen-bond acceptors (Lipinski definition) is 2. The summed E-state index contributed by atoms with van der Waals surface area (Å²) in [7, 11) is 0. The number of rotatable bonds is 2. The number of fused-ring (bicyclic) bond motifs is 1. The predicted octanol–water partition coefficient (Wildman–Crippen LogP) is 3.44. The fourth-order valence-electron chi connectivity index (χ4n) is 1.99. The highest BCUT2D eigenvalue weighted by atomic mass is 19.4. The smallest absolute Gasteiger partial charge is 0.350 e. The molecule has 0 unspecified atom stereocenters. The van der Waals surface area contributed by atoms with Gasteiger partial charge in [-0.15, -0.1) is 0 Å². The molecule has 22 heavy (non-hydrogen) atoms. The molecule has 0 spiro atoms. The lowest BCUT2D eigenvalue weighted by Crippen LogP contribution is -2.34. The van der Waals surface area contributed by atoms with Crippen LogP contribution < -0.4 is 5.32 Å². The molecule has 0 aromatic carbocycles. The average Bonchev–Trinajstić information content (AvgIpc) is 2.73. The Kier molecular flexibility index (Phi) is 3.93. The van der Waals surface area contributed by atoms with Crippen LogP contribution in [0.15, 0.2) is 18.3 Å². The van der Waals surface area contributed by atoms with Gasteiger partial charge in [-0.1, -0.05) is 26.8 Å². The Bertz CT molecular complexity index is 711. The van der Waals surface area contributed by atoms with Gasteiger partial charge < -0.3 is 5.32 Å². The zero-order chi connectivity index (χ0) is 16.7. The number of pyridine rings is 1. The van der Waals surface area contributed by atoms with Gasteiger partial charge in [0.25, 0.3) is 5.91 Å². The van der Waals surface area contributed by atoms with Crippen LogP contribution in [0.3, 0.4) is 0 Å². The van der Waals surface area contributed by atoms with E-state index in [9.17, 15) is 18.0 Å². The molecule has 0 aliphatic rings. The quantitative estimate of drug-likeness (QED) is 0.923. The summed E-state index contributed by atoms with van der Waals surface area (Å²) in [6.07, 6.45) is -3.21. The Morgan fingerprint density at radius 1 is 1.27 bits per heavy atom. The number of hydrogen-bond donors (Lipinski definition) is 1. The first-order valence-corrected chi connectivity index (χ1v) is 6.83. The summed E-state index contributed by atoms with van der Waals surface area (Å²) in [5, 5.41) is 2.55. The van der Waals surface area contributed by atoms with E-state index in [1.165, 1.54) is 16.7 Å². The lowest BCUT2D eigenvalue weighted by atomic mass is 9.97. The van der Waals surface area contributed by atoms with Gasteiger partial charge in [0.1, 0.15) is 11.3 Å². The number of nitrogens with zero attached hydrogens (tertiary/aromatic N) is 2.